The lowest BCUT2D eigenvalue weighted by atomic mass is 10.00. The minimum Gasteiger partial charge on any atom is -0.342 e. The Kier molecular flexibility index (Phi) is 5.65. The summed E-state index contributed by atoms with van der Waals surface area (Å²) in [6, 6.07) is 5.43. The van der Waals surface area contributed by atoms with Crippen molar-refractivity contribution in [2.24, 2.45) is 5.92 Å². The number of halogens is 2. The summed E-state index contributed by atoms with van der Waals surface area (Å²) in [5.41, 5.74) is 0.928. The number of hydrogen-bond acceptors (Lipinski definition) is 2. The second-order valence-electron chi connectivity index (χ2n) is 5.29. The fourth-order valence-corrected chi connectivity index (χ4v) is 3.65. The summed E-state index contributed by atoms with van der Waals surface area (Å²) in [7, 11) is 0. The van der Waals surface area contributed by atoms with Crippen LogP contribution in [0.4, 0.5) is 0 Å². The van der Waals surface area contributed by atoms with Crippen molar-refractivity contribution in [1.82, 2.24) is 4.90 Å². The second-order valence-corrected chi connectivity index (χ2v) is 7.01. The monoisotopic (exact) mass is 331 g/mol. The Hall–Kier alpha value is -0.380. The Morgan fingerprint density at radius 2 is 2.20 bits per heavy atom. The van der Waals surface area contributed by atoms with Gasteiger partial charge in [0.2, 0.25) is 5.91 Å². The molecule has 1 aliphatic heterocycles. The van der Waals surface area contributed by atoms with E-state index >= 15 is 0 Å². The van der Waals surface area contributed by atoms with Crippen molar-refractivity contribution in [1.29, 1.82) is 0 Å². The molecular formula is C15H19Cl2NOS. The predicted octanol–water partition coefficient (Wildman–Crippen LogP) is 4.31. The standard InChI is InChI=1S/C15H19Cl2NOS/c1-10(12-3-4-13(16)14(17)7-12)15(19)18-6-5-11(8-18)9-20-2/h3-4,7,10-11H,5-6,8-9H2,1-2H3/t10-,11+/m1/s1. The molecule has 5 heteroatoms. The minimum absolute atomic E-state index is 0.169. The molecule has 1 fully saturated rings. The van der Waals surface area contributed by atoms with Crippen LogP contribution >= 0.6 is 35.0 Å². The zero-order valence-electron chi connectivity index (χ0n) is 11.7. The van der Waals surface area contributed by atoms with Gasteiger partial charge in [0.1, 0.15) is 0 Å². The van der Waals surface area contributed by atoms with E-state index < -0.39 is 0 Å². The molecule has 2 atom stereocenters. The molecule has 2 nitrogen and oxygen atoms in total. The summed E-state index contributed by atoms with van der Waals surface area (Å²) in [4.78, 5) is 14.5. The molecule has 1 heterocycles. The summed E-state index contributed by atoms with van der Waals surface area (Å²) < 4.78 is 0. The van der Waals surface area contributed by atoms with Crippen molar-refractivity contribution in [2.75, 3.05) is 25.1 Å². The first-order valence-corrected chi connectivity index (χ1v) is 8.90. The third-order valence-electron chi connectivity index (χ3n) is 3.81. The van der Waals surface area contributed by atoms with Crippen molar-refractivity contribution < 1.29 is 4.79 Å². The van der Waals surface area contributed by atoms with Crippen LogP contribution in [0.3, 0.4) is 0 Å². The van der Waals surface area contributed by atoms with Gasteiger partial charge in [0.25, 0.3) is 0 Å². The van der Waals surface area contributed by atoms with E-state index in [9.17, 15) is 4.79 Å². The van der Waals surface area contributed by atoms with E-state index in [1.54, 1.807) is 12.1 Å². The molecule has 1 aliphatic rings. The summed E-state index contributed by atoms with van der Waals surface area (Å²) in [5.74, 6) is 1.78. The molecule has 0 bridgehead atoms. The number of carbonyl (C=O) groups is 1. The Morgan fingerprint density at radius 3 is 2.85 bits per heavy atom. The highest BCUT2D eigenvalue weighted by Crippen LogP contribution is 2.29. The Labute approximate surface area is 134 Å². The lowest BCUT2D eigenvalue weighted by Gasteiger charge is -2.21. The number of amides is 1. The first-order valence-electron chi connectivity index (χ1n) is 6.75. The Bertz CT molecular complexity index is 495. The molecule has 0 aromatic heterocycles. The van der Waals surface area contributed by atoms with Gasteiger partial charge in [-0.25, -0.2) is 0 Å². The predicted molar refractivity (Wildman–Crippen MR) is 87.9 cm³/mol. The van der Waals surface area contributed by atoms with Crippen LogP contribution in [-0.2, 0) is 4.79 Å². The number of likely N-dealkylation sites (tertiary alicyclic amines) is 1. The van der Waals surface area contributed by atoms with Crippen LogP contribution in [0.25, 0.3) is 0 Å². The first kappa shape index (κ1) is 16.0. The van der Waals surface area contributed by atoms with Crippen LogP contribution in [0.1, 0.15) is 24.8 Å². The molecule has 0 radical (unpaired) electrons. The average molecular weight is 332 g/mol. The number of thioether (sulfide) groups is 1. The third kappa shape index (κ3) is 3.63. The largest absolute Gasteiger partial charge is 0.342 e. The molecule has 0 spiro atoms. The molecule has 0 N–H and O–H groups in total. The highest BCUT2D eigenvalue weighted by atomic mass is 35.5. The van der Waals surface area contributed by atoms with E-state index in [0.29, 0.717) is 16.0 Å². The summed E-state index contributed by atoms with van der Waals surface area (Å²) in [6.45, 7) is 3.69. The second kappa shape index (κ2) is 7.06. The Balaban J connectivity index is 2.03. The topological polar surface area (TPSA) is 20.3 Å². The number of benzene rings is 1. The van der Waals surface area contributed by atoms with Crippen molar-refractivity contribution >= 4 is 40.9 Å². The van der Waals surface area contributed by atoms with E-state index in [-0.39, 0.29) is 11.8 Å². The van der Waals surface area contributed by atoms with Crippen LogP contribution in [-0.4, -0.2) is 35.9 Å². The van der Waals surface area contributed by atoms with Crippen LogP contribution in [0.2, 0.25) is 10.0 Å². The maximum absolute atomic E-state index is 12.5. The van der Waals surface area contributed by atoms with Crippen molar-refractivity contribution in [2.45, 2.75) is 19.3 Å². The lowest BCUT2D eigenvalue weighted by molar-refractivity contribution is -0.131. The van der Waals surface area contributed by atoms with Gasteiger partial charge >= 0.3 is 0 Å². The molecule has 1 saturated heterocycles. The zero-order valence-corrected chi connectivity index (χ0v) is 14.1. The number of hydrogen-bond donors (Lipinski definition) is 0. The van der Waals surface area contributed by atoms with Crippen molar-refractivity contribution in [3.63, 3.8) is 0 Å². The SMILES string of the molecule is CSC[C@H]1CCN(C(=O)[C@H](C)c2ccc(Cl)c(Cl)c2)C1. The van der Waals surface area contributed by atoms with E-state index in [0.717, 1.165) is 30.8 Å². The zero-order chi connectivity index (χ0) is 14.7. The van der Waals surface area contributed by atoms with Crippen molar-refractivity contribution in [3.8, 4) is 0 Å². The van der Waals surface area contributed by atoms with Gasteiger partial charge in [-0.05, 0) is 49.0 Å². The van der Waals surface area contributed by atoms with Crippen LogP contribution in [0, 0.1) is 5.92 Å². The molecule has 0 aliphatic carbocycles. The smallest absolute Gasteiger partial charge is 0.229 e. The van der Waals surface area contributed by atoms with E-state index in [1.165, 1.54) is 0 Å². The van der Waals surface area contributed by atoms with Gasteiger partial charge in [0.05, 0.1) is 16.0 Å². The summed E-state index contributed by atoms with van der Waals surface area (Å²) >= 11 is 13.8. The molecule has 0 unspecified atom stereocenters. The fourth-order valence-electron chi connectivity index (χ4n) is 2.60. The molecular weight excluding hydrogens is 313 g/mol. The number of nitrogens with zero attached hydrogens (tertiary/aromatic N) is 1. The maximum Gasteiger partial charge on any atom is 0.229 e. The van der Waals surface area contributed by atoms with Crippen molar-refractivity contribution in [3.05, 3.63) is 33.8 Å². The Morgan fingerprint density at radius 1 is 1.45 bits per heavy atom. The molecule has 20 heavy (non-hydrogen) atoms. The van der Waals surface area contributed by atoms with Gasteiger partial charge < -0.3 is 4.90 Å². The molecule has 110 valence electrons. The van der Waals surface area contributed by atoms with E-state index in [2.05, 4.69) is 6.26 Å². The molecule has 1 aromatic carbocycles. The first-order chi connectivity index (χ1) is 9.52. The van der Waals surface area contributed by atoms with Gasteiger partial charge in [-0.15, -0.1) is 0 Å². The van der Waals surface area contributed by atoms with E-state index in [4.69, 9.17) is 23.2 Å². The molecule has 2 rings (SSSR count). The molecule has 0 saturated carbocycles. The minimum atomic E-state index is -0.169. The van der Waals surface area contributed by atoms with Crippen LogP contribution in [0.5, 0.6) is 0 Å². The quantitative estimate of drug-likeness (QED) is 0.819. The average Bonchev–Trinajstić information content (AvgIpc) is 2.89. The van der Waals surface area contributed by atoms with Gasteiger partial charge in [-0.3, -0.25) is 4.79 Å². The van der Waals surface area contributed by atoms with Gasteiger partial charge in [-0.2, -0.15) is 11.8 Å². The number of rotatable bonds is 4. The maximum atomic E-state index is 12.5. The highest BCUT2D eigenvalue weighted by molar-refractivity contribution is 7.98. The lowest BCUT2D eigenvalue weighted by Crippen LogP contribution is -2.32. The van der Waals surface area contributed by atoms with Gasteiger partial charge in [0, 0.05) is 13.1 Å². The molecule has 1 aromatic rings. The number of carbonyl (C=O) groups excluding carboxylic acids is 1. The highest BCUT2D eigenvalue weighted by Gasteiger charge is 2.29. The summed E-state index contributed by atoms with van der Waals surface area (Å²) in [6.07, 6.45) is 3.23. The fraction of sp³-hybridized carbons (Fsp3) is 0.533. The van der Waals surface area contributed by atoms with Crippen LogP contribution in [0.15, 0.2) is 18.2 Å². The van der Waals surface area contributed by atoms with Gasteiger partial charge in [0.15, 0.2) is 0 Å². The van der Waals surface area contributed by atoms with Crippen LogP contribution < -0.4 is 0 Å². The van der Waals surface area contributed by atoms with Gasteiger partial charge in [-0.1, -0.05) is 29.3 Å². The summed E-state index contributed by atoms with van der Waals surface area (Å²) in [5, 5.41) is 1.03. The normalized spacial score (nSPS) is 20.2. The molecule has 1 amide bonds. The third-order valence-corrected chi connectivity index (χ3v) is 5.36. The van der Waals surface area contributed by atoms with E-state index in [1.807, 2.05) is 29.7 Å².